The molecule has 0 saturated carbocycles. The Labute approximate surface area is 110 Å². The Bertz CT molecular complexity index is 480. The Morgan fingerprint density at radius 3 is 2.37 bits per heavy atom. The summed E-state index contributed by atoms with van der Waals surface area (Å²) in [6.07, 6.45) is 2.96. The molecule has 1 aromatic carbocycles. The van der Waals surface area contributed by atoms with Crippen LogP contribution in [0.2, 0.25) is 0 Å². The van der Waals surface area contributed by atoms with E-state index in [1.54, 1.807) is 7.05 Å². The first-order valence-corrected chi connectivity index (χ1v) is 5.56. The summed E-state index contributed by atoms with van der Waals surface area (Å²) in [7, 11) is 3.04. The molecule has 0 spiro atoms. The summed E-state index contributed by atoms with van der Waals surface area (Å²) in [5.41, 5.74) is 11.1. The van der Waals surface area contributed by atoms with Crippen molar-refractivity contribution in [1.29, 1.82) is 0 Å². The van der Waals surface area contributed by atoms with Crippen LogP contribution in [0.1, 0.15) is 5.56 Å². The van der Waals surface area contributed by atoms with Gasteiger partial charge in [0, 0.05) is 25.2 Å². The molecule has 19 heavy (non-hydrogen) atoms. The lowest BCUT2D eigenvalue weighted by Crippen LogP contribution is -2.24. The Morgan fingerprint density at radius 1 is 1.26 bits per heavy atom. The minimum atomic E-state index is -0.605. The largest absolute Gasteiger partial charge is 0.483 e. The molecule has 0 amide bonds. The van der Waals surface area contributed by atoms with E-state index in [4.69, 9.17) is 16.2 Å². The first-order valence-electron chi connectivity index (χ1n) is 5.56. The zero-order valence-electron chi connectivity index (χ0n) is 10.9. The topological polar surface area (TPSA) is 64.5 Å². The van der Waals surface area contributed by atoms with E-state index < -0.39 is 11.6 Å². The third-order valence-corrected chi connectivity index (χ3v) is 2.55. The van der Waals surface area contributed by atoms with E-state index in [2.05, 4.69) is 0 Å². The molecule has 0 fully saturated rings. The lowest BCUT2D eigenvalue weighted by Gasteiger charge is -2.19. The Morgan fingerprint density at radius 2 is 1.84 bits per heavy atom. The Hall–Kier alpha value is -2.24. The molecule has 0 radical (unpaired) electrons. The molecule has 0 bridgehead atoms. The van der Waals surface area contributed by atoms with Gasteiger partial charge in [0.05, 0.1) is 12.9 Å². The van der Waals surface area contributed by atoms with Crippen LogP contribution in [0.15, 0.2) is 42.1 Å². The number of nitrogens with zero attached hydrogens (tertiary/aromatic N) is 1. The molecule has 4 N–H and O–H groups in total. The molecular formula is C13H17F2N3O. The van der Waals surface area contributed by atoms with Crippen molar-refractivity contribution in [3.63, 3.8) is 0 Å². The van der Waals surface area contributed by atoms with Gasteiger partial charge in [-0.05, 0) is 18.2 Å². The van der Waals surface area contributed by atoms with Crippen molar-refractivity contribution in [3.8, 4) is 0 Å². The maximum atomic E-state index is 13.5. The summed E-state index contributed by atoms with van der Waals surface area (Å²) < 4.78 is 31.7. The van der Waals surface area contributed by atoms with Crippen LogP contribution in [0.25, 0.3) is 0 Å². The van der Waals surface area contributed by atoms with Gasteiger partial charge in [0.2, 0.25) is 0 Å². The van der Waals surface area contributed by atoms with Crippen LogP contribution in [-0.4, -0.2) is 19.1 Å². The number of nitrogens with two attached hydrogens (primary N) is 2. The summed E-state index contributed by atoms with van der Waals surface area (Å²) >= 11 is 0. The van der Waals surface area contributed by atoms with E-state index in [-0.39, 0.29) is 18.0 Å². The van der Waals surface area contributed by atoms with Crippen LogP contribution in [0.3, 0.4) is 0 Å². The van der Waals surface area contributed by atoms with Gasteiger partial charge in [-0.15, -0.1) is 0 Å². The molecular weight excluding hydrogens is 252 g/mol. The number of hydrogen-bond acceptors (Lipinski definition) is 4. The number of rotatable bonds is 5. The first-order chi connectivity index (χ1) is 8.95. The van der Waals surface area contributed by atoms with Crippen LogP contribution in [0.5, 0.6) is 0 Å². The molecule has 0 atom stereocenters. The normalized spacial score (nSPS) is 12.4. The van der Waals surface area contributed by atoms with Crippen molar-refractivity contribution >= 4 is 0 Å². The number of halogens is 2. The standard InChI is InChI=1S/C13H17F2N3O/c1-18(12(16)6-7-13(17)19-2)8-9-10(14)4-3-5-11(9)15/h3-7H,8,16-17H2,1-2H3/b12-6+,13-7+. The van der Waals surface area contributed by atoms with Gasteiger partial charge in [0.25, 0.3) is 0 Å². The predicted octanol–water partition coefficient (Wildman–Crippen LogP) is 1.64. The fourth-order valence-electron chi connectivity index (χ4n) is 1.37. The molecule has 0 aliphatic carbocycles. The molecule has 0 heterocycles. The molecule has 0 saturated heterocycles. The molecule has 0 aromatic heterocycles. The minimum absolute atomic E-state index is 0.0154. The van der Waals surface area contributed by atoms with Gasteiger partial charge < -0.3 is 21.1 Å². The van der Waals surface area contributed by atoms with Gasteiger partial charge >= 0.3 is 0 Å². The highest BCUT2D eigenvalue weighted by Crippen LogP contribution is 2.15. The molecule has 1 aromatic rings. The molecule has 1 rings (SSSR count). The summed E-state index contributed by atoms with van der Waals surface area (Å²) in [4.78, 5) is 1.50. The molecule has 0 aliphatic rings. The summed E-state index contributed by atoms with van der Waals surface area (Å²) in [6.45, 7) is 0.0154. The van der Waals surface area contributed by atoms with Crippen molar-refractivity contribution in [3.05, 3.63) is 59.3 Å². The second-order valence-corrected chi connectivity index (χ2v) is 3.92. The highest BCUT2D eigenvalue weighted by atomic mass is 19.1. The smallest absolute Gasteiger partial charge is 0.183 e. The van der Waals surface area contributed by atoms with Gasteiger partial charge in [-0.2, -0.15) is 0 Å². The fraction of sp³-hybridized carbons (Fsp3) is 0.231. The zero-order valence-corrected chi connectivity index (χ0v) is 10.9. The summed E-state index contributed by atoms with van der Waals surface area (Å²) in [6, 6.07) is 3.72. The fourth-order valence-corrected chi connectivity index (χ4v) is 1.37. The third-order valence-electron chi connectivity index (χ3n) is 2.55. The van der Waals surface area contributed by atoms with Crippen molar-refractivity contribution < 1.29 is 13.5 Å². The van der Waals surface area contributed by atoms with E-state index in [9.17, 15) is 8.78 Å². The molecule has 104 valence electrons. The van der Waals surface area contributed by atoms with E-state index in [1.807, 2.05) is 0 Å². The second-order valence-electron chi connectivity index (χ2n) is 3.92. The minimum Gasteiger partial charge on any atom is -0.483 e. The van der Waals surface area contributed by atoms with Crippen LogP contribution < -0.4 is 11.5 Å². The zero-order chi connectivity index (χ0) is 14.4. The second kappa shape index (κ2) is 6.63. The number of benzene rings is 1. The molecule has 0 unspecified atom stereocenters. The van der Waals surface area contributed by atoms with Gasteiger partial charge in [-0.1, -0.05) is 6.07 Å². The highest BCUT2D eigenvalue weighted by molar-refractivity contribution is 5.21. The monoisotopic (exact) mass is 269 g/mol. The summed E-state index contributed by atoms with van der Waals surface area (Å²) in [5.74, 6) is -0.714. The van der Waals surface area contributed by atoms with Crippen molar-refractivity contribution in [2.45, 2.75) is 6.54 Å². The van der Waals surface area contributed by atoms with E-state index in [1.165, 1.54) is 42.4 Å². The number of ether oxygens (including phenoxy) is 1. The number of allylic oxidation sites excluding steroid dienone is 2. The van der Waals surface area contributed by atoms with Gasteiger partial charge in [-0.25, -0.2) is 8.78 Å². The van der Waals surface area contributed by atoms with Crippen LogP contribution in [0.4, 0.5) is 8.78 Å². The van der Waals surface area contributed by atoms with Gasteiger partial charge in [0.15, 0.2) is 5.88 Å². The molecule has 0 aliphatic heterocycles. The van der Waals surface area contributed by atoms with E-state index in [0.29, 0.717) is 5.82 Å². The molecule has 4 nitrogen and oxygen atoms in total. The predicted molar refractivity (Wildman–Crippen MR) is 69.4 cm³/mol. The van der Waals surface area contributed by atoms with Gasteiger partial charge in [0.1, 0.15) is 11.6 Å². The lowest BCUT2D eigenvalue weighted by atomic mass is 10.2. The van der Waals surface area contributed by atoms with E-state index >= 15 is 0 Å². The first kappa shape index (κ1) is 14.8. The maximum Gasteiger partial charge on any atom is 0.183 e. The van der Waals surface area contributed by atoms with Crippen molar-refractivity contribution in [2.75, 3.05) is 14.2 Å². The Kier molecular flexibility index (Phi) is 5.17. The van der Waals surface area contributed by atoms with Crippen LogP contribution >= 0.6 is 0 Å². The summed E-state index contributed by atoms with van der Waals surface area (Å²) in [5, 5.41) is 0. The SMILES string of the molecule is CO/C(N)=C/C=C(\N)N(C)Cc1c(F)cccc1F. The quantitative estimate of drug-likeness (QED) is 0.630. The average molecular weight is 269 g/mol. The van der Waals surface area contributed by atoms with Crippen LogP contribution in [0, 0.1) is 11.6 Å². The highest BCUT2D eigenvalue weighted by Gasteiger charge is 2.11. The maximum absolute atomic E-state index is 13.5. The number of hydrogen-bond donors (Lipinski definition) is 2. The number of methoxy groups -OCH3 is 1. The van der Waals surface area contributed by atoms with Crippen molar-refractivity contribution in [2.24, 2.45) is 11.5 Å². The lowest BCUT2D eigenvalue weighted by molar-refractivity contribution is 0.287. The van der Waals surface area contributed by atoms with E-state index in [0.717, 1.165) is 0 Å². The van der Waals surface area contributed by atoms with Gasteiger partial charge in [-0.3, -0.25) is 0 Å². The average Bonchev–Trinajstić information content (AvgIpc) is 2.39. The third kappa shape index (κ3) is 4.17. The van der Waals surface area contributed by atoms with Crippen molar-refractivity contribution in [1.82, 2.24) is 4.90 Å². The van der Waals surface area contributed by atoms with Crippen LogP contribution in [-0.2, 0) is 11.3 Å². The molecule has 6 heteroatoms. The Balaban J connectivity index is 2.82.